The number of alkyl carbamates (subject to hydrolysis) is 1. The SMILES string of the molecule is CCCC(CN=C(N)NCCC(C)C)NC(=O)OC(C)(C)C. The monoisotopic (exact) mass is 314 g/mol. The summed E-state index contributed by atoms with van der Waals surface area (Å²) in [7, 11) is 0. The molecule has 1 atom stereocenters. The molecule has 0 fully saturated rings. The zero-order valence-electron chi connectivity index (χ0n) is 15.0. The van der Waals surface area contributed by atoms with E-state index >= 15 is 0 Å². The number of rotatable bonds is 8. The number of nitrogens with zero attached hydrogens (tertiary/aromatic N) is 1. The number of carbonyl (C=O) groups is 1. The third-order valence-electron chi connectivity index (χ3n) is 2.87. The Morgan fingerprint density at radius 1 is 1.27 bits per heavy atom. The van der Waals surface area contributed by atoms with E-state index in [0.717, 1.165) is 25.8 Å². The molecule has 0 aliphatic heterocycles. The molecule has 4 N–H and O–H groups in total. The van der Waals surface area contributed by atoms with Crippen LogP contribution in [0.25, 0.3) is 0 Å². The highest BCUT2D eigenvalue weighted by molar-refractivity contribution is 5.77. The first-order valence-electron chi connectivity index (χ1n) is 8.17. The molecule has 0 radical (unpaired) electrons. The first kappa shape index (κ1) is 20.5. The van der Waals surface area contributed by atoms with Gasteiger partial charge in [0.2, 0.25) is 0 Å². The average Bonchev–Trinajstić information content (AvgIpc) is 2.33. The van der Waals surface area contributed by atoms with Crippen LogP contribution in [0.1, 0.15) is 60.8 Å². The van der Waals surface area contributed by atoms with Crippen molar-refractivity contribution in [3.05, 3.63) is 0 Å². The summed E-state index contributed by atoms with van der Waals surface area (Å²) in [4.78, 5) is 16.1. The highest BCUT2D eigenvalue weighted by atomic mass is 16.6. The van der Waals surface area contributed by atoms with E-state index in [4.69, 9.17) is 10.5 Å². The first-order chi connectivity index (χ1) is 10.1. The number of aliphatic imine (C=N–C) groups is 1. The van der Waals surface area contributed by atoms with Gasteiger partial charge in [0.1, 0.15) is 5.60 Å². The van der Waals surface area contributed by atoms with Gasteiger partial charge in [-0.25, -0.2) is 4.79 Å². The highest BCUT2D eigenvalue weighted by Gasteiger charge is 2.19. The van der Waals surface area contributed by atoms with Gasteiger partial charge in [0.25, 0.3) is 0 Å². The van der Waals surface area contributed by atoms with Gasteiger partial charge in [-0.05, 0) is 39.5 Å². The minimum Gasteiger partial charge on any atom is -0.444 e. The molecule has 0 bridgehead atoms. The van der Waals surface area contributed by atoms with Crippen LogP contribution in [-0.2, 0) is 4.74 Å². The second-order valence-corrected chi connectivity index (χ2v) is 6.97. The maximum Gasteiger partial charge on any atom is 0.407 e. The Bertz CT molecular complexity index is 349. The van der Waals surface area contributed by atoms with Crippen molar-refractivity contribution in [3.8, 4) is 0 Å². The van der Waals surface area contributed by atoms with E-state index in [9.17, 15) is 4.79 Å². The number of carbonyl (C=O) groups excluding carboxylic acids is 1. The van der Waals surface area contributed by atoms with Gasteiger partial charge in [-0.3, -0.25) is 4.99 Å². The van der Waals surface area contributed by atoms with Crippen LogP contribution in [-0.4, -0.2) is 36.8 Å². The summed E-state index contributed by atoms with van der Waals surface area (Å²) in [6, 6.07) is -0.0645. The lowest BCUT2D eigenvalue weighted by molar-refractivity contribution is 0.0503. The molecule has 0 aromatic heterocycles. The van der Waals surface area contributed by atoms with Gasteiger partial charge in [0.05, 0.1) is 12.6 Å². The van der Waals surface area contributed by atoms with E-state index in [2.05, 4.69) is 36.4 Å². The fourth-order valence-corrected chi connectivity index (χ4v) is 1.79. The van der Waals surface area contributed by atoms with E-state index < -0.39 is 11.7 Å². The number of ether oxygens (including phenoxy) is 1. The summed E-state index contributed by atoms with van der Waals surface area (Å²) in [5, 5.41) is 5.94. The second-order valence-electron chi connectivity index (χ2n) is 6.97. The van der Waals surface area contributed by atoms with Crippen molar-refractivity contribution in [3.63, 3.8) is 0 Å². The lowest BCUT2D eigenvalue weighted by atomic mass is 10.1. The van der Waals surface area contributed by atoms with E-state index in [1.54, 1.807) is 0 Å². The molecule has 0 aliphatic rings. The van der Waals surface area contributed by atoms with Gasteiger partial charge in [0, 0.05) is 6.54 Å². The Morgan fingerprint density at radius 3 is 2.41 bits per heavy atom. The van der Waals surface area contributed by atoms with Crippen molar-refractivity contribution in [1.82, 2.24) is 10.6 Å². The van der Waals surface area contributed by atoms with Crippen LogP contribution >= 0.6 is 0 Å². The molecular formula is C16H34N4O2. The minimum atomic E-state index is -0.498. The number of nitrogens with one attached hydrogen (secondary N) is 2. The summed E-state index contributed by atoms with van der Waals surface area (Å²) in [6.45, 7) is 13.2. The fraction of sp³-hybridized carbons (Fsp3) is 0.875. The quantitative estimate of drug-likeness (QED) is 0.474. The molecular weight excluding hydrogens is 280 g/mol. The Hall–Kier alpha value is -1.46. The first-order valence-corrected chi connectivity index (χ1v) is 8.17. The van der Waals surface area contributed by atoms with Crippen molar-refractivity contribution in [2.24, 2.45) is 16.6 Å². The van der Waals surface area contributed by atoms with Gasteiger partial charge < -0.3 is 21.1 Å². The van der Waals surface area contributed by atoms with Crippen molar-refractivity contribution >= 4 is 12.1 Å². The summed E-state index contributed by atoms with van der Waals surface area (Å²) in [5.41, 5.74) is 5.33. The lowest BCUT2D eigenvalue weighted by Gasteiger charge is -2.23. The molecule has 0 saturated carbocycles. The van der Waals surface area contributed by atoms with Gasteiger partial charge in [-0.2, -0.15) is 0 Å². The molecule has 1 amide bonds. The molecule has 0 spiro atoms. The smallest absolute Gasteiger partial charge is 0.407 e. The molecule has 0 aromatic rings. The zero-order valence-corrected chi connectivity index (χ0v) is 15.0. The third kappa shape index (κ3) is 12.3. The Labute approximate surface area is 135 Å². The van der Waals surface area contributed by atoms with E-state index in [-0.39, 0.29) is 6.04 Å². The van der Waals surface area contributed by atoms with Crippen molar-refractivity contribution in [2.75, 3.05) is 13.1 Å². The molecule has 130 valence electrons. The topological polar surface area (TPSA) is 88.7 Å². The van der Waals surface area contributed by atoms with E-state index in [0.29, 0.717) is 18.4 Å². The molecule has 0 aromatic carbocycles. The van der Waals surface area contributed by atoms with Gasteiger partial charge in [-0.1, -0.05) is 27.2 Å². The Kier molecular flexibility index (Phi) is 9.61. The van der Waals surface area contributed by atoms with Crippen LogP contribution in [0.2, 0.25) is 0 Å². The molecule has 0 rings (SSSR count). The van der Waals surface area contributed by atoms with Gasteiger partial charge in [-0.15, -0.1) is 0 Å². The zero-order chi connectivity index (χ0) is 17.2. The lowest BCUT2D eigenvalue weighted by Crippen LogP contribution is -2.41. The van der Waals surface area contributed by atoms with Crippen molar-refractivity contribution in [2.45, 2.75) is 72.4 Å². The average molecular weight is 314 g/mol. The Morgan fingerprint density at radius 2 is 1.91 bits per heavy atom. The number of hydrogen-bond acceptors (Lipinski definition) is 3. The molecule has 6 nitrogen and oxygen atoms in total. The van der Waals surface area contributed by atoms with E-state index in [1.165, 1.54) is 0 Å². The second kappa shape index (κ2) is 10.3. The number of amides is 1. The normalized spacial score (nSPS) is 13.9. The molecule has 22 heavy (non-hydrogen) atoms. The van der Waals surface area contributed by atoms with Crippen LogP contribution in [0.15, 0.2) is 4.99 Å². The summed E-state index contributed by atoms with van der Waals surface area (Å²) in [5.74, 6) is 1.05. The molecule has 0 aliphatic carbocycles. The molecule has 0 saturated heterocycles. The molecule has 1 unspecified atom stereocenters. The standard InChI is InChI=1S/C16H34N4O2/c1-7-8-13(20-15(21)22-16(4,5)6)11-19-14(17)18-10-9-12(2)3/h12-13H,7-11H2,1-6H3,(H,20,21)(H3,17,18,19). The number of guanidine groups is 1. The summed E-state index contributed by atoms with van der Waals surface area (Å²) < 4.78 is 5.27. The maximum atomic E-state index is 11.8. The fourth-order valence-electron chi connectivity index (χ4n) is 1.79. The van der Waals surface area contributed by atoms with Crippen LogP contribution in [0, 0.1) is 5.92 Å². The van der Waals surface area contributed by atoms with Gasteiger partial charge >= 0.3 is 6.09 Å². The molecule has 6 heteroatoms. The number of nitrogens with two attached hydrogens (primary N) is 1. The van der Waals surface area contributed by atoms with Crippen LogP contribution < -0.4 is 16.4 Å². The Balaban J connectivity index is 4.30. The summed E-state index contributed by atoms with van der Waals surface area (Å²) in [6.07, 6.45) is 2.43. The third-order valence-corrected chi connectivity index (χ3v) is 2.87. The predicted molar refractivity (Wildman–Crippen MR) is 92.0 cm³/mol. The van der Waals surface area contributed by atoms with Crippen LogP contribution in [0.3, 0.4) is 0 Å². The highest BCUT2D eigenvalue weighted by Crippen LogP contribution is 2.07. The number of hydrogen-bond donors (Lipinski definition) is 3. The molecule has 0 heterocycles. The van der Waals surface area contributed by atoms with Crippen molar-refractivity contribution < 1.29 is 9.53 Å². The van der Waals surface area contributed by atoms with Crippen LogP contribution in [0.4, 0.5) is 4.79 Å². The maximum absolute atomic E-state index is 11.8. The van der Waals surface area contributed by atoms with E-state index in [1.807, 2.05) is 20.8 Å². The predicted octanol–water partition coefficient (Wildman–Crippen LogP) is 2.63. The van der Waals surface area contributed by atoms with Crippen LogP contribution in [0.5, 0.6) is 0 Å². The minimum absolute atomic E-state index is 0.0645. The summed E-state index contributed by atoms with van der Waals surface area (Å²) >= 11 is 0. The largest absolute Gasteiger partial charge is 0.444 e. The van der Waals surface area contributed by atoms with Crippen molar-refractivity contribution in [1.29, 1.82) is 0 Å². The van der Waals surface area contributed by atoms with Gasteiger partial charge in [0.15, 0.2) is 5.96 Å².